The third-order valence-corrected chi connectivity index (χ3v) is 4.32. The van der Waals surface area contributed by atoms with Gasteiger partial charge in [-0.15, -0.1) is 23.1 Å². The minimum absolute atomic E-state index is 0.112. The molecule has 0 atom stereocenters. The molecule has 0 unspecified atom stereocenters. The third-order valence-electron chi connectivity index (χ3n) is 2.20. The number of amides is 1. The zero-order valence-electron chi connectivity index (χ0n) is 10.9. The second kappa shape index (κ2) is 6.70. The molecule has 0 radical (unpaired) electrons. The highest BCUT2D eigenvalue weighted by atomic mass is 32.2. The molecule has 1 aromatic heterocycles. The Morgan fingerprint density at radius 3 is 2.72 bits per heavy atom. The maximum atomic E-state index is 11.8. The van der Waals surface area contributed by atoms with Gasteiger partial charge in [0.15, 0.2) is 0 Å². The van der Waals surface area contributed by atoms with Crippen LogP contribution in [0.5, 0.6) is 0 Å². The first kappa shape index (κ1) is 14.9. The molecule has 18 heavy (non-hydrogen) atoms. The van der Waals surface area contributed by atoms with E-state index in [1.165, 1.54) is 11.3 Å². The number of carbonyl (C=O) groups is 1. The van der Waals surface area contributed by atoms with Gasteiger partial charge in [0.05, 0.1) is 10.6 Å². The van der Waals surface area contributed by atoms with Crippen LogP contribution in [0.1, 0.15) is 23.5 Å². The highest BCUT2D eigenvalue weighted by Crippen LogP contribution is 2.41. The predicted molar refractivity (Wildman–Crippen MR) is 81.8 cm³/mol. The molecule has 6 heteroatoms. The number of hydrogen-bond acceptors (Lipinski definition) is 5. The number of thioether (sulfide) groups is 1. The van der Waals surface area contributed by atoms with Gasteiger partial charge >= 0.3 is 0 Å². The standard InChI is InChI=1S/C12H19N3OS2/c1-5-14-11(16)9-8(13)10(17-4)12(18-9)15-6-7(2)3/h15H,2,5-6,13H2,1,3-4H3,(H,14,16). The van der Waals surface area contributed by atoms with Gasteiger partial charge in [0.25, 0.3) is 5.91 Å². The van der Waals surface area contributed by atoms with Crippen molar-refractivity contribution in [3.8, 4) is 0 Å². The lowest BCUT2D eigenvalue weighted by molar-refractivity contribution is 0.0960. The first-order valence-electron chi connectivity index (χ1n) is 5.63. The molecule has 1 amide bonds. The van der Waals surface area contributed by atoms with Crippen LogP contribution in [0.2, 0.25) is 0 Å². The first-order valence-corrected chi connectivity index (χ1v) is 7.68. The van der Waals surface area contributed by atoms with Crippen LogP contribution in [0.3, 0.4) is 0 Å². The molecule has 100 valence electrons. The van der Waals surface area contributed by atoms with E-state index in [9.17, 15) is 4.79 Å². The summed E-state index contributed by atoms with van der Waals surface area (Å²) in [6, 6.07) is 0. The minimum Gasteiger partial charge on any atom is -0.396 e. The van der Waals surface area contributed by atoms with Crippen molar-refractivity contribution >= 4 is 39.7 Å². The van der Waals surface area contributed by atoms with Crippen LogP contribution < -0.4 is 16.4 Å². The summed E-state index contributed by atoms with van der Waals surface area (Å²) >= 11 is 2.93. The van der Waals surface area contributed by atoms with E-state index in [0.717, 1.165) is 15.5 Å². The number of nitrogens with two attached hydrogens (primary N) is 1. The lowest BCUT2D eigenvalue weighted by Gasteiger charge is -2.05. The van der Waals surface area contributed by atoms with Gasteiger partial charge in [-0.3, -0.25) is 4.79 Å². The van der Waals surface area contributed by atoms with Crippen LogP contribution in [-0.2, 0) is 0 Å². The van der Waals surface area contributed by atoms with Gasteiger partial charge in [-0.25, -0.2) is 0 Å². The SMILES string of the molecule is C=C(C)CNc1sc(C(=O)NCC)c(N)c1SC. The van der Waals surface area contributed by atoms with Crippen LogP contribution in [0.25, 0.3) is 0 Å². The van der Waals surface area contributed by atoms with Gasteiger partial charge < -0.3 is 16.4 Å². The summed E-state index contributed by atoms with van der Waals surface area (Å²) in [5, 5.41) is 6.96. The summed E-state index contributed by atoms with van der Waals surface area (Å²) in [6.07, 6.45) is 1.95. The molecular weight excluding hydrogens is 266 g/mol. The summed E-state index contributed by atoms with van der Waals surface area (Å²) in [6.45, 7) is 8.96. The molecule has 0 aliphatic carbocycles. The molecule has 0 saturated heterocycles. The van der Waals surface area contributed by atoms with E-state index in [1.54, 1.807) is 11.8 Å². The maximum absolute atomic E-state index is 11.8. The Labute approximate surface area is 116 Å². The van der Waals surface area contributed by atoms with Crippen molar-refractivity contribution in [2.75, 3.05) is 30.4 Å². The van der Waals surface area contributed by atoms with E-state index in [2.05, 4.69) is 17.2 Å². The average Bonchev–Trinajstić information content (AvgIpc) is 2.63. The van der Waals surface area contributed by atoms with Gasteiger partial charge in [-0.1, -0.05) is 12.2 Å². The topological polar surface area (TPSA) is 67.2 Å². The molecular formula is C12H19N3OS2. The van der Waals surface area contributed by atoms with Crippen molar-refractivity contribution < 1.29 is 4.79 Å². The zero-order chi connectivity index (χ0) is 13.7. The number of nitrogen functional groups attached to an aromatic ring is 1. The Hall–Kier alpha value is -1.14. The molecule has 0 aliphatic rings. The lowest BCUT2D eigenvalue weighted by Crippen LogP contribution is -2.22. The molecule has 0 spiro atoms. The van der Waals surface area contributed by atoms with Gasteiger partial charge in [0, 0.05) is 13.1 Å². The molecule has 0 aliphatic heterocycles. The maximum Gasteiger partial charge on any atom is 0.263 e. The fourth-order valence-electron chi connectivity index (χ4n) is 1.39. The average molecular weight is 285 g/mol. The summed E-state index contributed by atoms with van der Waals surface area (Å²) in [5.74, 6) is -0.112. The van der Waals surface area contributed by atoms with E-state index in [4.69, 9.17) is 5.73 Å². The molecule has 0 bridgehead atoms. The third kappa shape index (κ3) is 3.43. The van der Waals surface area contributed by atoms with Gasteiger partial charge in [-0.2, -0.15) is 0 Å². The second-order valence-corrected chi connectivity index (χ2v) is 5.71. The van der Waals surface area contributed by atoms with Crippen LogP contribution >= 0.6 is 23.1 Å². The number of anilines is 2. The minimum atomic E-state index is -0.112. The summed E-state index contributed by atoms with van der Waals surface area (Å²) in [5.41, 5.74) is 7.61. The van der Waals surface area contributed by atoms with Crippen molar-refractivity contribution in [3.05, 3.63) is 17.0 Å². The fourth-order valence-corrected chi connectivity index (χ4v) is 3.34. The fraction of sp³-hybridized carbons (Fsp3) is 0.417. The second-order valence-electron chi connectivity index (χ2n) is 3.88. The molecule has 0 aromatic carbocycles. The van der Waals surface area contributed by atoms with Crippen LogP contribution in [0.4, 0.5) is 10.7 Å². The van der Waals surface area contributed by atoms with Crippen LogP contribution in [-0.4, -0.2) is 25.3 Å². The predicted octanol–water partition coefficient (Wildman–Crippen LogP) is 2.79. The van der Waals surface area contributed by atoms with Crippen LogP contribution in [0, 0.1) is 0 Å². The Kier molecular flexibility index (Phi) is 5.55. The lowest BCUT2D eigenvalue weighted by atomic mass is 10.3. The largest absolute Gasteiger partial charge is 0.396 e. The van der Waals surface area contributed by atoms with E-state index >= 15 is 0 Å². The van der Waals surface area contributed by atoms with E-state index < -0.39 is 0 Å². The molecule has 1 aromatic rings. The molecule has 4 nitrogen and oxygen atoms in total. The number of thiophene rings is 1. The summed E-state index contributed by atoms with van der Waals surface area (Å²) < 4.78 is 0. The van der Waals surface area contributed by atoms with Gasteiger partial charge in [-0.05, 0) is 20.1 Å². The van der Waals surface area contributed by atoms with Crippen molar-refractivity contribution in [1.29, 1.82) is 0 Å². The number of rotatable bonds is 6. The zero-order valence-corrected chi connectivity index (χ0v) is 12.6. The normalized spacial score (nSPS) is 10.2. The molecule has 0 fully saturated rings. The van der Waals surface area contributed by atoms with E-state index in [-0.39, 0.29) is 5.91 Å². The highest BCUT2D eigenvalue weighted by molar-refractivity contribution is 7.99. The van der Waals surface area contributed by atoms with Crippen molar-refractivity contribution in [2.24, 2.45) is 0 Å². The van der Waals surface area contributed by atoms with Crippen molar-refractivity contribution in [1.82, 2.24) is 5.32 Å². The Morgan fingerprint density at radius 2 is 2.22 bits per heavy atom. The Morgan fingerprint density at radius 1 is 1.56 bits per heavy atom. The Balaban J connectivity index is 3.00. The smallest absolute Gasteiger partial charge is 0.263 e. The first-order chi connectivity index (χ1) is 8.51. The summed E-state index contributed by atoms with van der Waals surface area (Å²) in [4.78, 5) is 13.4. The van der Waals surface area contributed by atoms with E-state index in [1.807, 2.05) is 20.1 Å². The molecule has 1 heterocycles. The molecule has 4 N–H and O–H groups in total. The molecule has 0 saturated carbocycles. The number of nitrogens with one attached hydrogen (secondary N) is 2. The highest BCUT2D eigenvalue weighted by Gasteiger charge is 2.19. The quantitative estimate of drug-likeness (QED) is 0.555. The van der Waals surface area contributed by atoms with Gasteiger partial charge in [0.1, 0.15) is 9.88 Å². The Bertz CT molecular complexity index is 454. The van der Waals surface area contributed by atoms with Crippen LogP contribution in [0.15, 0.2) is 17.0 Å². The van der Waals surface area contributed by atoms with Crippen molar-refractivity contribution in [3.63, 3.8) is 0 Å². The van der Waals surface area contributed by atoms with Crippen molar-refractivity contribution in [2.45, 2.75) is 18.7 Å². The number of hydrogen-bond donors (Lipinski definition) is 3. The number of carbonyl (C=O) groups excluding carboxylic acids is 1. The molecule has 1 rings (SSSR count). The van der Waals surface area contributed by atoms with Gasteiger partial charge in [0.2, 0.25) is 0 Å². The monoisotopic (exact) mass is 285 g/mol. The summed E-state index contributed by atoms with van der Waals surface area (Å²) in [7, 11) is 0. The van der Waals surface area contributed by atoms with E-state index in [0.29, 0.717) is 23.7 Å².